The number of nitrogens with zero attached hydrogens (tertiary/aromatic N) is 4. The van der Waals surface area contributed by atoms with Crippen molar-refractivity contribution >= 4 is 5.97 Å². The first kappa shape index (κ1) is 17.7. The highest BCUT2D eigenvalue weighted by atomic mass is 16.4. The van der Waals surface area contributed by atoms with E-state index in [0.717, 1.165) is 56.2 Å². The Labute approximate surface area is 148 Å². The summed E-state index contributed by atoms with van der Waals surface area (Å²) in [5.41, 5.74) is 0.227. The van der Waals surface area contributed by atoms with Gasteiger partial charge in [0.25, 0.3) is 0 Å². The number of aliphatic carboxylic acids is 1. The number of imidazole rings is 2. The summed E-state index contributed by atoms with van der Waals surface area (Å²) in [4.78, 5) is 26.3. The number of H-pyrrole nitrogens is 1. The van der Waals surface area contributed by atoms with E-state index in [0.29, 0.717) is 12.8 Å². The maximum absolute atomic E-state index is 12.0. The lowest BCUT2D eigenvalue weighted by atomic mass is 9.87. The number of hydrogen-bond donors (Lipinski definition) is 2. The standard InChI is InChI=1S/C18H27N5O2/c1-3-4-5-16-20-12-15(21-16)13-22-9-6-18(7-10-22,17(24)25)23-11-8-19-14(23)2/h8,11-12H,3-7,9-10,13H2,1-2H3,(H,20,21)(H,24,25). The molecule has 1 fully saturated rings. The van der Waals surface area contributed by atoms with Crippen molar-refractivity contribution in [3.63, 3.8) is 0 Å². The van der Waals surface area contributed by atoms with Crippen LogP contribution in [-0.2, 0) is 23.3 Å². The first-order valence-electron chi connectivity index (χ1n) is 9.04. The number of aryl methyl sites for hydroxylation is 2. The van der Waals surface area contributed by atoms with E-state index in [4.69, 9.17) is 0 Å². The van der Waals surface area contributed by atoms with E-state index >= 15 is 0 Å². The fourth-order valence-corrected chi connectivity index (χ4v) is 3.67. The molecule has 3 rings (SSSR count). The quantitative estimate of drug-likeness (QED) is 0.804. The van der Waals surface area contributed by atoms with Gasteiger partial charge in [0.2, 0.25) is 0 Å². The highest BCUT2D eigenvalue weighted by Crippen LogP contribution is 2.32. The van der Waals surface area contributed by atoms with Crippen molar-refractivity contribution in [3.8, 4) is 0 Å². The predicted molar refractivity (Wildman–Crippen MR) is 94.3 cm³/mol. The lowest BCUT2D eigenvalue weighted by Gasteiger charge is -2.40. The number of piperidine rings is 1. The number of carboxylic acids is 1. The first-order chi connectivity index (χ1) is 12.0. The number of likely N-dealkylation sites (tertiary alicyclic amines) is 1. The number of carbonyl (C=O) groups is 1. The van der Waals surface area contributed by atoms with Crippen molar-refractivity contribution < 1.29 is 9.90 Å². The van der Waals surface area contributed by atoms with E-state index in [1.807, 2.05) is 17.7 Å². The van der Waals surface area contributed by atoms with Crippen LogP contribution in [0, 0.1) is 6.92 Å². The second kappa shape index (κ2) is 7.39. The van der Waals surface area contributed by atoms with Gasteiger partial charge in [-0.1, -0.05) is 13.3 Å². The molecule has 0 unspecified atom stereocenters. The summed E-state index contributed by atoms with van der Waals surface area (Å²) in [6.45, 7) is 6.31. The number of hydrogen-bond acceptors (Lipinski definition) is 4. The van der Waals surface area contributed by atoms with E-state index < -0.39 is 11.5 Å². The van der Waals surface area contributed by atoms with Gasteiger partial charge in [0.15, 0.2) is 0 Å². The molecular formula is C18H27N5O2. The summed E-state index contributed by atoms with van der Waals surface area (Å²) in [6, 6.07) is 0. The molecule has 7 heteroatoms. The molecule has 0 spiro atoms. The molecule has 25 heavy (non-hydrogen) atoms. The smallest absolute Gasteiger partial charge is 0.330 e. The van der Waals surface area contributed by atoms with Gasteiger partial charge < -0.3 is 14.7 Å². The van der Waals surface area contributed by atoms with E-state index in [-0.39, 0.29) is 0 Å². The van der Waals surface area contributed by atoms with Crippen LogP contribution in [0.25, 0.3) is 0 Å². The molecule has 0 amide bonds. The molecule has 3 heterocycles. The maximum Gasteiger partial charge on any atom is 0.330 e. The Balaban J connectivity index is 1.63. The summed E-state index contributed by atoms with van der Waals surface area (Å²) in [6.07, 6.45) is 9.81. The molecule has 0 radical (unpaired) electrons. The summed E-state index contributed by atoms with van der Waals surface area (Å²) in [5.74, 6) is 1.03. The van der Waals surface area contributed by atoms with Crippen molar-refractivity contribution in [2.24, 2.45) is 0 Å². The Kier molecular flexibility index (Phi) is 5.22. The number of unbranched alkanes of at least 4 members (excludes halogenated alkanes) is 1. The predicted octanol–water partition coefficient (Wildman–Crippen LogP) is 2.33. The highest BCUT2D eigenvalue weighted by molar-refractivity contribution is 5.77. The molecule has 2 N–H and O–H groups in total. The highest BCUT2D eigenvalue weighted by Gasteiger charge is 2.43. The third-order valence-corrected chi connectivity index (χ3v) is 5.21. The van der Waals surface area contributed by atoms with Gasteiger partial charge in [-0.25, -0.2) is 14.8 Å². The summed E-state index contributed by atoms with van der Waals surface area (Å²) >= 11 is 0. The number of aromatic nitrogens is 4. The van der Waals surface area contributed by atoms with E-state index in [9.17, 15) is 9.90 Å². The summed E-state index contributed by atoms with van der Waals surface area (Å²) in [7, 11) is 0. The van der Waals surface area contributed by atoms with Crippen LogP contribution < -0.4 is 0 Å². The van der Waals surface area contributed by atoms with Gasteiger partial charge in [-0.15, -0.1) is 0 Å². The molecule has 0 aliphatic carbocycles. The van der Waals surface area contributed by atoms with Crippen LogP contribution >= 0.6 is 0 Å². The fourth-order valence-electron chi connectivity index (χ4n) is 3.67. The van der Waals surface area contributed by atoms with Crippen molar-refractivity contribution in [1.82, 2.24) is 24.4 Å². The summed E-state index contributed by atoms with van der Waals surface area (Å²) < 4.78 is 1.83. The number of rotatable bonds is 7. The minimum absolute atomic E-state index is 0.580. The molecule has 1 saturated heterocycles. The molecule has 0 bridgehead atoms. The average Bonchev–Trinajstić information content (AvgIpc) is 3.23. The summed E-state index contributed by atoms with van der Waals surface area (Å²) in [5, 5.41) is 9.86. The molecule has 2 aromatic rings. The Morgan fingerprint density at radius 1 is 1.36 bits per heavy atom. The molecule has 0 atom stereocenters. The van der Waals surface area contributed by atoms with Gasteiger partial charge >= 0.3 is 5.97 Å². The normalized spacial score (nSPS) is 17.7. The Hall–Kier alpha value is -2.15. The van der Waals surface area contributed by atoms with Crippen molar-refractivity contribution in [3.05, 3.63) is 35.9 Å². The molecule has 0 saturated carbocycles. The average molecular weight is 345 g/mol. The van der Waals surface area contributed by atoms with Gasteiger partial charge in [0.05, 0.1) is 0 Å². The molecule has 1 aliphatic heterocycles. The molecule has 2 aromatic heterocycles. The Bertz CT molecular complexity index is 713. The van der Waals surface area contributed by atoms with Crippen LogP contribution in [0.5, 0.6) is 0 Å². The Morgan fingerprint density at radius 2 is 2.12 bits per heavy atom. The first-order valence-corrected chi connectivity index (χ1v) is 9.04. The van der Waals surface area contributed by atoms with Crippen molar-refractivity contribution in [2.45, 2.75) is 58.0 Å². The van der Waals surface area contributed by atoms with Gasteiger partial charge in [-0.3, -0.25) is 4.90 Å². The minimum atomic E-state index is -0.878. The van der Waals surface area contributed by atoms with Gasteiger partial charge in [-0.05, 0) is 26.2 Å². The van der Waals surface area contributed by atoms with E-state index in [2.05, 4.69) is 26.8 Å². The van der Waals surface area contributed by atoms with Crippen LogP contribution in [0.3, 0.4) is 0 Å². The van der Waals surface area contributed by atoms with Gasteiger partial charge in [0, 0.05) is 50.3 Å². The number of aromatic amines is 1. The molecule has 136 valence electrons. The van der Waals surface area contributed by atoms with Gasteiger partial charge in [-0.2, -0.15) is 0 Å². The van der Waals surface area contributed by atoms with Crippen LogP contribution in [0.2, 0.25) is 0 Å². The second-order valence-corrected chi connectivity index (χ2v) is 6.92. The molecular weight excluding hydrogens is 318 g/mol. The lowest BCUT2D eigenvalue weighted by molar-refractivity contribution is -0.150. The monoisotopic (exact) mass is 345 g/mol. The number of nitrogens with one attached hydrogen (secondary N) is 1. The van der Waals surface area contributed by atoms with Gasteiger partial charge in [0.1, 0.15) is 17.2 Å². The molecule has 7 nitrogen and oxygen atoms in total. The van der Waals surface area contributed by atoms with Crippen molar-refractivity contribution in [1.29, 1.82) is 0 Å². The van der Waals surface area contributed by atoms with Crippen LogP contribution in [-0.4, -0.2) is 48.6 Å². The zero-order valence-electron chi connectivity index (χ0n) is 15.0. The zero-order valence-corrected chi connectivity index (χ0v) is 15.0. The topological polar surface area (TPSA) is 87.0 Å². The molecule has 0 aromatic carbocycles. The van der Waals surface area contributed by atoms with Crippen molar-refractivity contribution in [2.75, 3.05) is 13.1 Å². The van der Waals surface area contributed by atoms with E-state index in [1.165, 1.54) is 0 Å². The second-order valence-electron chi connectivity index (χ2n) is 6.92. The minimum Gasteiger partial charge on any atom is -0.479 e. The lowest BCUT2D eigenvalue weighted by Crippen LogP contribution is -2.51. The maximum atomic E-state index is 12.0. The van der Waals surface area contributed by atoms with Crippen LogP contribution in [0.15, 0.2) is 18.6 Å². The number of carboxylic acid groups (broad SMARTS) is 1. The van der Waals surface area contributed by atoms with Crippen LogP contribution in [0.1, 0.15) is 49.9 Å². The SMILES string of the molecule is CCCCc1ncc(CN2CCC(C(=O)O)(n3ccnc3C)CC2)[nH]1. The third-order valence-electron chi connectivity index (χ3n) is 5.21. The molecule has 1 aliphatic rings. The third kappa shape index (κ3) is 3.61. The zero-order chi connectivity index (χ0) is 17.9. The fraction of sp³-hybridized carbons (Fsp3) is 0.611. The Morgan fingerprint density at radius 3 is 2.72 bits per heavy atom. The largest absolute Gasteiger partial charge is 0.479 e. The van der Waals surface area contributed by atoms with Crippen LogP contribution in [0.4, 0.5) is 0 Å². The van der Waals surface area contributed by atoms with E-state index in [1.54, 1.807) is 12.4 Å².